The summed E-state index contributed by atoms with van der Waals surface area (Å²) >= 11 is 0. The Kier molecular flexibility index (Phi) is 7.51. The van der Waals surface area contributed by atoms with Crippen molar-refractivity contribution in [2.45, 2.75) is 51.5 Å². The van der Waals surface area contributed by atoms with Gasteiger partial charge < -0.3 is 15.4 Å². The maximum atomic E-state index is 13.8. The average molecular weight is 438 g/mol. The number of hydrogen-bond acceptors (Lipinski definition) is 4. The van der Waals surface area contributed by atoms with Crippen LogP contribution in [-0.2, 0) is 14.4 Å². The largest absolute Gasteiger partial charge is 0.497 e. The number of aryl methyl sites for hydroxylation is 1. The predicted octanol–water partition coefficient (Wildman–Crippen LogP) is 3.81. The van der Waals surface area contributed by atoms with Crippen LogP contribution in [-0.4, -0.2) is 36.9 Å². The molecule has 170 valence electrons. The number of ether oxygens (including phenoxy) is 1. The molecule has 0 bridgehead atoms. The van der Waals surface area contributed by atoms with Gasteiger partial charge in [-0.2, -0.15) is 0 Å². The van der Waals surface area contributed by atoms with E-state index in [1.807, 2.05) is 31.2 Å². The van der Waals surface area contributed by atoms with Crippen molar-refractivity contribution >= 4 is 29.1 Å². The lowest BCUT2D eigenvalue weighted by atomic mass is 9.78. The normalized spacial score (nSPS) is 14.8. The number of nitrogens with zero attached hydrogens (tertiary/aromatic N) is 1. The third kappa shape index (κ3) is 5.10. The number of rotatable bonds is 7. The van der Waals surface area contributed by atoms with E-state index in [0.29, 0.717) is 24.3 Å². The van der Waals surface area contributed by atoms with Crippen LogP contribution in [0.15, 0.2) is 48.5 Å². The molecule has 32 heavy (non-hydrogen) atoms. The Balaban J connectivity index is 2.04. The molecule has 0 aliphatic heterocycles. The molecule has 0 atom stereocenters. The molecule has 0 spiro atoms. The van der Waals surface area contributed by atoms with E-state index in [9.17, 15) is 14.4 Å². The third-order valence-electron chi connectivity index (χ3n) is 5.99. The van der Waals surface area contributed by atoms with Gasteiger partial charge in [-0.25, -0.2) is 0 Å². The Morgan fingerprint density at radius 2 is 1.66 bits per heavy atom. The highest BCUT2D eigenvalue weighted by molar-refractivity contribution is 6.09. The molecule has 0 radical (unpaired) electrons. The van der Waals surface area contributed by atoms with Crippen molar-refractivity contribution in [1.82, 2.24) is 5.32 Å². The van der Waals surface area contributed by atoms with Crippen molar-refractivity contribution in [3.05, 3.63) is 54.1 Å². The average Bonchev–Trinajstić information content (AvgIpc) is 2.80. The fourth-order valence-corrected chi connectivity index (χ4v) is 4.28. The Labute approximate surface area is 189 Å². The number of benzene rings is 2. The molecule has 3 amide bonds. The van der Waals surface area contributed by atoms with E-state index in [2.05, 4.69) is 10.6 Å². The van der Waals surface area contributed by atoms with Crippen molar-refractivity contribution in [3.63, 3.8) is 0 Å². The molecule has 3 rings (SSSR count). The minimum atomic E-state index is -1.05. The summed E-state index contributed by atoms with van der Waals surface area (Å²) in [7, 11) is 1.58. The van der Waals surface area contributed by atoms with Gasteiger partial charge in [0.1, 0.15) is 11.3 Å². The first-order valence-corrected chi connectivity index (χ1v) is 11.0. The molecule has 7 heteroatoms. The Hall–Kier alpha value is -3.35. The zero-order valence-corrected chi connectivity index (χ0v) is 18.9. The van der Waals surface area contributed by atoms with Gasteiger partial charge in [0.2, 0.25) is 11.8 Å². The maximum Gasteiger partial charge on any atom is 0.250 e. The topological polar surface area (TPSA) is 87.7 Å². The summed E-state index contributed by atoms with van der Waals surface area (Å²) in [5.74, 6) is -0.175. The Morgan fingerprint density at radius 1 is 1.00 bits per heavy atom. The molecular weight excluding hydrogens is 406 g/mol. The number of nitrogens with one attached hydrogen (secondary N) is 2. The first kappa shape index (κ1) is 23.3. The summed E-state index contributed by atoms with van der Waals surface area (Å²) in [6.07, 6.45) is 3.77. The maximum absolute atomic E-state index is 13.8. The van der Waals surface area contributed by atoms with Crippen molar-refractivity contribution in [2.75, 3.05) is 23.9 Å². The molecule has 1 aliphatic rings. The molecule has 1 fully saturated rings. The summed E-state index contributed by atoms with van der Waals surface area (Å²) in [6, 6.07) is 14.7. The van der Waals surface area contributed by atoms with Crippen LogP contribution in [0, 0.1) is 6.92 Å². The summed E-state index contributed by atoms with van der Waals surface area (Å²) in [6.45, 7) is 3.12. The van der Waals surface area contributed by atoms with E-state index < -0.39 is 5.54 Å². The smallest absolute Gasteiger partial charge is 0.250 e. The van der Waals surface area contributed by atoms with Crippen molar-refractivity contribution in [1.29, 1.82) is 0 Å². The molecule has 0 saturated heterocycles. The minimum Gasteiger partial charge on any atom is -0.497 e. The van der Waals surface area contributed by atoms with Crippen LogP contribution in [0.1, 0.15) is 44.6 Å². The predicted molar refractivity (Wildman–Crippen MR) is 125 cm³/mol. The van der Waals surface area contributed by atoms with Crippen LogP contribution in [0.25, 0.3) is 0 Å². The van der Waals surface area contributed by atoms with Gasteiger partial charge in [-0.05, 0) is 55.7 Å². The zero-order valence-electron chi connectivity index (χ0n) is 18.9. The van der Waals surface area contributed by atoms with Gasteiger partial charge in [0.25, 0.3) is 5.91 Å². The molecule has 0 aromatic heterocycles. The highest BCUT2D eigenvalue weighted by Crippen LogP contribution is 2.39. The number of para-hydroxylation sites is 1. The minimum absolute atomic E-state index is 0.180. The van der Waals surface area contributed by atoms with Gasteiger partial charge in [-0.1, -0.05) is 37.5 Å². The summed E-state index contributed by atoms with van der Waals surface area (Å²) < 4.78 is 5.26. The van der Waals surface area contributed by atoms with E-state index in [1.165, 1.54) is 6.92 Å². The lowest BCUT2D eigenvalue weighted by Gasteiger charge is -2.45. The Bertz CT molecular complexity index is 965. The Morgan fingerprint density at radius 3 is 2.25 bits per heavy atom. The van der Waals surface area contributed by atoms with Crippen LogP contribution in [0.4, 0.5) is 11.4 Å². The fourth-order valence-electron chi connectivity index (χ4n) is 4.28. The second kappa shape index (κ2) is 10.3. The number of anilines is 2. The molecular formula is C25H31N3O4. The number of amides is 3. The van der Waals surface area contributed by atoms with Crippen molar-refractivity contribution in [2.24, 2.45) is 0 Å². The number of carbonyl (C=O) groups is 3. The van der Waals surface area contributed by atoms with E-state index in [-0.39, 0.29) is 24.3 Å². The molecule has 2 aromatic carbocycles. The van der Waals surface area contributed by atoms with E-state index >= 15 is 0 Å². The van der Waals surface area contributed by atoms with Gasteiger partial charge in [0.15, 0.2) is 0 Å². The van der Waals surface area contributed by atoms with Crippen LogP contribution >= 0.6 is 0 Å². The highest BCUT2D eigenvalue weighted by atomic mass is 16.5. The third-order valence-corrected chi connectivity index (χ3v) is 5.99. The first-order chi connectivity index (χ1) is 15.4. The molecule has 2 N–H and O–H groups in total. The van der Waals surface area contributed by atoms with Crippen LogP contribution in [0.3, 0.4) is 0 Å². The standard InChI is InChI=1S/C25H31N3O4/c1-18-9-5-6-10-22(18)27-24(31)25(15-7-4-8-16-25)28(23(30)17-26-19(2)29)20-11-13-21(32-3)14-12-20/h5-6,9-14H,4,7-8,15-17H2,1-3H3,(H,26,29)(H,27,31). The van der Waals surface area contributed by atoms with E-state index in [4.69, 9.17) is 4.74 Å². The highest BCUT2D eigenvalue weighted by Gasteiger charge is 2.47. The summed E-state index contributed by atoms with van der Waals surface area (Å²) in [5, 5.41) is 5.65. The fraction of sp³-hybridized carbons (Fsp3) is 0.400. The number of hydrogen-bond donors (Lipinski definition) is 2. The molecule has 0 unspecified atom stereocenters. The molecule has 1 saturated carbocycles. The van der Waals surface area contributed by atoms with Gasteiger partial charge in [0.05, 0.1) is 13.7 Å². The van der Waals surface area contributed by atoms with Crippen molar-refractivity contribution < 1.29 is 19.1 Å². The monoisotopic (exact) mass is 437 g/mol. The van der Waals surface area contributed by atoms with Crippen molar-refractivity contribution in [3.8, 4) is 5.75 Å². The molecule has 0 heterocycles. The second-order valence-corrected chi connectivity index (χ2v) is 8.20. The molecule has 7 nitrogen and oxygen atoms in total. The summed E-state index contributed by atoms with van der Waals surface area (Å²) in [5.41, 5.74) is 1.23. The lowest BCUT2D eigenvalue weighted by Crippen LogP contribution is -2.62. The van der Waals surface area contributed by atoms with Gasteiger partial charge >= 0.3 is 0 Å². The van der Waals surface area contributed by atoms with Gasteiger partial charge in [-0.15, -0.1) is 0 Å². The number of carbonyl (C=O) groups excluding carboxylic acids is 3. The van der Waals surface area contributed by atoms with E-state index in [1.54, 1.807) is 36.3 Å². The quantitative estimate of drug-likeness (QED) is 0.689. The van der Waals surface area contributed by atoms with Crippen LogP contribution in [0.2, 0.25) is 0 Å². The zero-order chi connectivity index (χ0) is 23.1. The van der Waals surface area contributed by atoms with Gasteiger partial charge in [0, 0.05) is 18.3 Å². The van der Waals surface area contributed by atoms with Crippen LogP contribution < -0.4 is 20.3 Å². The summed E-state index contributed by atoms with van der Waals surface area (Å²) in [4.78, 5) is 40.3. The molecule has 2 aromatic rings. The van der Waals surface area contributed by atoms with E-state index in [0.717, 1.165) is 30.5 Å². The number of methoxy groups -OCH3 is 1. The first-order valence-electron chi connectivity index (χ1n) is 11.0. The van der Waals surface area contributed by atoms with Gasteiger partial charge in [-0.3, -0.25) is 19.3 Å². The second-order valence-electron chi connectivity index (χ2n) is 8.20. The molecule has 1 aliphatic carbocycles. The lowest BCUT2D eigenvalue weighted by molar-refractivity contribution is -0.128. The van der Waals surface area contributed by atoms with Crippen LogP contribution in [0.5, 0.6) is 5.75 Å². The SMILES string of the molecule is COc1ccc(N(C(=O)CNC(C)=O)C2(C(=O)Nc3ccccc3C)CCCCC2)cc1.